The smallest absolute Gasteiger partial charge is 0.261 e. The van der Waals surface area contributed by atoms with Gasteiger partial charge in [-0.05, 0) is 47.2 Å². The quantitative estimate of drug-likeness (QED) is 0.253. The van der Waals surface area contributed by atoms with E-state index in [0.717, 1.165) is 25.9 Å². The molecular formula is C29H38O2Si. The number of ether oxygens (including phenoxy) is 1. The molecule has 32 heavy (non-hydrogen) atoms. The van der Waals surface area contributed by atoms with Crippen molar-refractivity contribution in [2.75, 3.05) is 6.61 Å². The minimum absolute atomic E-state index is 0.0296. The monoisotopic (exact) mass is 446 g/mol. The van der Waals surface area contributed by atoms with E-state index in [2.05, 4.69) is 113 Å². The number of hydrogen-bond donors (Lipinski definition) is 0. The highest BCUT2D eigenvalue weighted by Gasteiger charge is 2.49. The molecule has 170 valence electrons. The molecule has 3 aromatic rings. The Labute approximate surface area is 195 Å². The van der Waals surface area contributed by atoms with Crippen molar-refractivity contribution in [1.82, 2.24) is 0 Å². The van der Waals surface area contributed by atoms with Gasteiger partial charge in [-0.3, -0.25) is 0 Å². The fraction of sp³-hybridized carbons (Fsp3) is 0.379. The van der Waals surface area contributed by atoms with E-state index in [1.54, 1.807) is 0 Å². The summed E-state index contributed by atoms with van der Waals surface area (Å²) in [5, 5.41) is 2.72. The molecule has 3 aromatic carbocycles. The number of benzene rings is 3. The minimum Gasteiger partial charge on any atom is -0.407 e. The van der Waals surface area contributed by atoms with Gasteiger partial charge < -0.3 is 9.16 Å². The van der Waals surface area contributed by atoms with Crippen LogP contribution in [-0.4, -0.2) is 21.0 Å². The molecule has 0 saturated carbocycles. The summed E-state index contributed by atoms with van der Waals surface area (Å²) in [4.78, 5) is 0. The Balaban J connectivity index is 1.61. The van der Waals surface area contributed by atoms with Crippen molar-refractivity contribution in [2.45, 2.75) is 64.7 Å². The van der Waals surface area contributed by atoms with Crippen molar-refractivity contribution >= 4 is 18.7 Å². The Morgan fingerprint density at radius 2 is 1.22 bits per heavy atom. The van der Waals surface area contributed by atoms with Crippen LogP contribution in [0.5, 0.6) is 0 Å². The molecule has 2 nitrogen and oxygen atoms in total. The first-order valence-electron chi connectivity index (χ1n) is 11.8. The van der Waals surface area contributed by atoms with Gasteiger partial charge in [0.25, 0.3) is 8.32 Å². The Bertz CT molecular complexity index is 865. The van der Waals surface area contributed by atoms with Gasteiger partial charge in [0.2, 0.25) is 0 Å². The van der Waals surface area contributed by atoms with Crippen LogP contribution in [-0.2, 0) is 15.8 Å². The predicted molar refractivity (Wildman–Crippen MR) is 138 cm³/mol. The highest BCUT2D eigenvalue weighted by Crippen LogP contribution is 2.36. The van der Waals surface area contributed by atoms with Crippen LogP contribution in [0.25, 0.3) is 0 Å². The lowest BCUT2D eigenvalue weighted by atomic mass is 10.2. The third kappa shape index (κ3) is 6.19. The minimum atomic E-state index is -2.42. The van der Waals surface area contributed by atoms with Gasteiger partial charge in [-0.2, -0.15) is 0 Å². The van der Waals surface area contributed by atoms with E-state index in [9.17, 15) is 0 Å². The predicted octanol–water partition coefficient (Wildman–Crippen LogP) is 6.34. The van der Waals surface area contributed by atoms with Crippen molar-refractivity contribution in [3.63, 3.8) is 0 Å². The van der Waals surface area contributed by atoms with Gasteiger partial charge in [0.1, 0.15) is 0 Å². The lowest BCUT2D eigenvalue weighted by molar-refractivity contribution is 0.0453. The van der Waals surface area contributed by atoms with Crippen LogP contribution in [0, 0.1) is 0 Å². The average Bonchev–Trinajstić information content (AvgIpc) is 2.81. The maximum atomic E-state index is 6.98. The highest BCUT2D eigenvalue weighted by molar-refractivity contribution is 6.99. The molecule has 0 amide bonds. The summed E-state index contributed by atoms with van der Waals surface area (Å²) in [5.74, 6) is 0. The van der Waals surface area contributed by atoms with E-state index < -0.39 is 8.32 Å². The number of rotatable bonds is 11. The summed E-state index contributed by atoms with van der Waals surface area (Å²) in [5.41, 5.74) is 1.23. The maximum Gasteiger partial charge on any atom is 0.261 e. The van der Waals surface area contributed by atoms with Crippen molar-refractivity contribution in [3.05, 3.63) is 96.6 Å². The first-order chi connectivity index (χ1) is 15.4. The zero-order valence-corrected chi connectivity index (χ0v) is 21.1. The van der Waals surface area contributed by atoms with E-state index in [4.69, 9.17) is 9.16 Å². The molecule has 0 heterocycles. The zero-order chi connectivity index (χ0) is 22.9. The first-order valence-corrected chi connectivity index (χ1v) is 13.7. The topological polar surface area (TPSA) is 18.5 Å². The van der Waals surface area contributed by atoms with E-state index in [-0.39, 0.29) is 11.1 Å². The summed E-state index contributed by atoms with van der Waals surface area (Å²) in [6, 6.07) is 32.1. The van der Waals surface area contributed by atoms with Crippen molar-refractivity contribution < 1.29 is 9.16 Å². The van der Waals surface area contributed by atoms with Crippen LogP contribution < -0.4 is 10.4 Å². The normalized spacial score (nSPS) is 13.1. The number of unbranched alkanes of at least 4 members (excludes halogenated alkanes) is 1. The summed E-state index contributed by atoms with van der Waals surface area (Å²) in [7, 11) is -2.42. The molecule has 1 atom stereocenters. The molecule has 0 unspecified atom stereocenters. The molecule has 0 spiro atoms. The second-order valence-corrected chi connectivity index (χ2v) is 13.9. The van der Waals surface area contributed by atoms with Crippen LogP contribution in [0.2, 0.25) is 5.04 Å². The van der Waals surface area contributed by atoms with Crippen LogP contribution >= 0.6 is 0 Å². The van der Waals surface area contributed by atoms with Gasteiger partial charge in [0, 0.05) is 6.61 Å². The van der Waals surface area contributed by atoms with E-state index in [1.807, 2.05) is 6.07 Å². The molecule has 3 heteroatoms. The summed E-state index contributed by atoms with van der Waals surface area (Å²) in [6.07, 6.45) is 3.46. The second-order valence-electron chi connectivity index (χ2n) is 9.61. The van der Waals surface area contributed by atoms with Gasteiger partial charge >= 0.3 is 0 Å². The largest absolute Gasteiger partial charge is 0.407 e. The maximum absolute atomic E-state index is 6.98. The first kappa shape index (κ1) is 24.4. The van der Waals surface area contributed by atoms with E-state index in [0.29, 0.717) is 6.61 Å². The fourth-order valence-electron chi connectivity index (χ4n) is 4.42. The highest BCUT2D eigenvalue weighted by atomic mass is 28.4. The summed E-state index contributed by atoms with van der Waals surface area (Å²) < 4.78 is 13.0. The molecule has 0 aromatic heterocycles. The van der Waals surface area contributed by atoms with Gasteiger partial charge in [0.15, 0.2) is 0 Å². The van der Waals surface area contributed by atoms with Crippen molar-refractivity contribution in [3.8, 4) is 0 Å². The third-order valence-corrected chi connectivity index (χ3v) is 11.2. The van der Waals surface area contributed by atoms with Crippen LogP contribution in [0.15, 0.2) is 91.0 Å². The van der Waals surface area contributed by atoms with E-state index >= 15 is 0 Å². The lowest BCUT2D eigenvalue weighted by Gasteiger charge is -2.43. The molecular weight excluding hydrogens is 408 g/mol. The van der Waals surface area contributed by atoms with Crippen molar-refractivity contribution in [2.24, 2.45) is 0 Å². The van der Waals surface area contributed by atoms with E-state index in [1.165, 1.54) is 15.9 Å². The molecule has 0 aliphatic carbocycles. The molecule has 0 saturated heterocycles. The van der Waals surface area contributed by atoms with Crippen LogP contribution in [0.4, 0.5) is 0 Å². The van der Waals surface area contributed by atoms with Crippen LogP contribution in [0.3, 0.4) is 0 Å². The standard InChI is InChI=1S/C29H38O2Si/c1-25(30-24-26-17-8-5-9-18-26)16-14-15-23-31-32(29(2,3)4,27-19-10-6-11-20-27)28-21-12-7-13-22-28/h5-13,17-22,25H,14-16,23-24H2,1-4H3/t25-/m0/s1. The molecule has 3 rings (SSSR count). The Morgan fingerprint density at radius 3 is 1.72 bits per heavy atom. The molecule has 0 aliphatic heterocycles. The van der Waals surface area contributed by atoms with Gasteiger partial charge in [0.05, 0.1) is 12.7 Å². The summed E-state index contributed by atoms with van der Waals surface area (Å²) in [6.45, 7) is 10.6. The Kier molecular flexibility index (Phi) is 8.86. The SMILES string of the molecule is C[C@@H](CCCCO[Si](c1ccccc1)(c1ccccc1)C(C)(C)C)OCc1ccccc1. The van der Waals surface area contributed by atoms with Gasteiger partial charge in [-0.15, -0.1) is 0 Å². The molecule has 0 N–H and O–H groups in total. The lowest BCUT2D eigenvalue weighted by Crippen LogP contribution is -2.66. The zero-order valence-electron chi connectivity index (χ0n) is 20.1. The molecule has 0 fully saturated rings. The Morgan fingerprint density at radius 1 is 0.719 bits per heavy atom. The second kappa shape index (κ2) is 11.6. The number of hydrogen-bond acceptors (Lipinski definition) is 2. The molecule has 0 aliphatic rings. The Hall–Kier alpha value is -2.20. The average molecular weight is 447 g/mol. The van der Waals surface area contributed by atoms with Gasteiger partial charge in [-0.1, -0.05) is 112 Å². The molecule has 0 bridgehead atoms. The third-order valence-electron chi connectivity index (χ3n) is 6.12. The summed E-state index contributed by atoms with van der Waals surface area (Å²) >= 11 is 0. The van der Waals surface area contributed by atoms with Crippen LogP contribution in [0.1, 0.15) is 52.5 Å². The van der Waals surface area contributed by atoms with Gasteiger partial charge in [-0.25, -0.2) is 0 Å². The molecule has 0 radical (unpaired) electrons. The fourth-order valence-corrected chi connectivity index (χ4v) is 9.02. The van der Waals surface area contributed by atoms with Crippen molar-refractivity contribution in [1.29, 1.82) is 0 Å².